The van der Waals surface area contributed by atoms with Crippen molar-refractivity contribution in [3.05, 3.63) is 93.4 Å². The Hall–Kier alpha value is -3.03. The number of benzene rings is 2. The lowest BCUT2D eigenvalue weighted by atomic mass is 9.86. The van der Waals surface area contributed by atoms with Gasteiger partial charge in [0.05, 0.1) is 6.54 Å². The van der Waals surface area contributed by atoms with E-state index in [1.807, 2.05) is 41.8 Å². The van der Waals surface area contributed by atoms with E-state index in [-0.39, 0.29) is 29.6 Å². The van der Waals surface area contributed by atoms with Gasteiger partial charge in [-0.15, -0.1) is 11.3 Å². The summed E-state index contributed by atoms with van der Waals surface area (Å²) >= 11 is 1.57. The Balaban J connectivity index is 1.80. The van der Waals surface area contributed by atoms with Crippen molar-refractivity contribution in [3.63, 3.8) is 0 Å². The van der Waals surface area contributed by atoms with Crippen LogP contribution in [-0.4, -0.2) is 48.4 Å². The maximum absolute atomic E-state index is 13.5. The van der Waals surface area contributed by atoms with Gasteiger partial charge in [-0.1, -0.05) is 51.1 Å². The Kier molecular flexibility index (Phi) is 9.79. The Bertz CT molecular complexity index is 1110. The Labute approximate surface area is 217 Å². The van der Waals surface area contributed by atoms with Gasteiger partial charge in [0.25, 0.3) is 5.91 Å². The highest BCUT2D eigenvalue weighted by Crippen LogP contribution is 2.23. The highest BCUT2D eigenvalue weighted by atomic mass is 32.1. The number of halogens is 1. The number of amides is 2. The van der Waals surface area contributed by atoms with E-state index in [2.05, 4.69) is 20.8 Å². The Morgan fingerprint density at radius 2 is 1.64 bits per heavy atom. The maximum Gasteiger partial charge on any atom is 0.254 e. The first kappa shape index (κ1) is 27.6. The second-order valence-electron chi connectivity index (χ2n) is 9.86. The van der Waals surface area contributed by atoms with Crippen LogP contribution in [0.3, 0.4) is 0 Å². The largest absolute Gasteiger partial charge is 0.385 e. The number of carbonyl (C=O) groups is 2. The molecule has 2 amide bonds. The Morgan fingerprint density at radius 1 is 0.944 bits per heavy atom. The van der Waals surface area contributed by atoms with Crippen molar-refractivity contribution >= 4 is 23.2 Å². The van der Waals surface area contributed by atoms with E-state index in [1.54, 1.807) is 40.4 Å². The lowest BCUT2D eigenvalue weighted by Crippen LogP contribution is -2.43. The summed E-state index contributed by atoms with van der Waals surface area (Å²) in [5.74, 6) is -0.662. The van der Waals surface area contributed by atoms with Gasteiger partial charge in [0, 0.05) is 37.2 Å². The fourth-order valence-electron chi connectivity index (χ4n) is 3.84. The predicted molar refractivity (Wildman–Crippen MR) is 143 cm³/mol. The van der Waals surface area contributed by atoms with Crippen LogP contribution in [0.1, 0.15) is 53.6 Å². The fraction of sp³-hybridized carbons (Fsp3) is 0.379. The van der Waals surface area contributed by atoms with Crippen LogP contribution in [0, 0.1) is 5.82 Å². The molecule has 1 aromatic heterocycles. The monoisotopic (exact) mass is 510 g/mol. The average Bonchev–Trinajstić information content (AvgIpc) is 3.37. The standard InChI is InChI=1S/C29H35FN2O3S/c1-29(2,3)24-12-10-23(11-13-24)28(34)31(16-6-17-35-4)21-27(33)32(20-26-7-5-18-36-26)19-22-8-14-25(30)15-9-22/h5,7-15,18H,6,16-17,19-21H2,1-4H3. The predicted octanol–water partition coefficient (Wildman–Crippen LogP) is 5.89. The SMILES string of the molecule is COCCCN(CC(=O)N(Cc1ccc(F)cc1)Cc1cccs1)C(=O)c1ccc(C(C)(C)C)cc1. The summed E-state index contributed by atoms with van der Waals surface area (Å²) in [6, 6.07) is 17.7. The molecule has 0 radical (unpaired) electrons. The lowest BCUT2D eigenvalue weighted by molar-refractivity contribution is -0.133. The third-order valence-electron chi connectivity index (χ3n) is 5.95. The van der Waals surface area contributed by atoms with E-state index in [4.69, 9.17) is 4.74 Å². The maximum atomic E-state index is 13.5. The first-order valence-corrected chi connectivity index (χ1v) is 13.0. The number of methoxy groups -OCH3 is 1. The van der Waals surface area contributed by atoms with Crippen molar-refractivity contribution in [2.75, 3.05) is 26.8 Å². The molecule has 0 N–H and O–H groups in total. The summed E-state index contributed by atoms with van der Waals surface area (Å²) in [6.45, 7) is 7.99. The molecular formula is C29H35FN2O3S. The molecule has 2 aromatic carbocycles. The summed E-state index contributed by atoms with van der Waals surface area (Å²) in [6.07, 6.45) is 0.623. The summed E-state index contributed by atoms with van der Waals surface area (Å²) in [7, 11) is 1.62. The van der Waals surface area contributed by atoms with E-state index in [9.17, 15) is 14.0 Å². The van der Waals surface area contributed by atoms with E-state index in [1.165, 1.54) is 12.1 Å². The fourth-order valence-corrected chi connectivity index (χ4v) is 4.56. The van der Waals surface area contributed by atoms with Gasteiger partial charge in [0.1, 0.15) is 12.4 Å². The molecule has 0 aliphatic rings. The summed E-state index contributed by atoms with van der Waals surface area (Å²) in [4.78, 5) is 31.3. The van der Waals surface area contributed by atoms with Crippen molar-refractivity contribution in [2.24, 2.45) is 0 Å². The molecule has 0 aliphatic carbocycles. The minimum Gasteiger partial charge on any atom is -0.385 e. The average molecular weight is 511 g/mol. The highest BCUT2D eigenvalue weighted by Gasteiger charge is 2.23. The normalized spacial score (nSPS) is 11.4. The molecule has 0 atom stereocenters. The van der Waals surface area contributed by atoms with Gasteiger partial charge < -0.3 is 14.5 Å². The van der Waals surface area contributed by atoms with Crippen molar-refractivity contribution < 1.29 is 18.7 Å². The number of hydrogen-bond acceptors (Lipinski definition) is 4. The molecule has 5 nitrogen and oxygen atoms in total. The lowest BCUT2D eigenvalue weighted by Gasteiger charge is -2.28. The minimum absolute atomic E-state index is 0.0155. The van der Waals surface area contributed by atoms with Gasteiger partial charge in [-0.3, -0.25) is 9.59 Å². The van der Waals surface area contributed by atoms with Gasteiger partial charge in [-0.2, -0.15) is 0 Å². The molecule has 0 saturated carbocycles. The summed E-state index contributed by atoms with van der Waals surface area (Å²) in [5.41, 5.74) is 2.51. The zero-order chi connectivity index (χ0) is 26.1. The molecule has 0 bridgehead atoms. The molecule has 192 valence electrons. The number of carbonyl (C=O) groups excluding carboxylic acids is 2. The summed E-state index contributed by atoms with van der Waals surface area (Å²) < 4.78 is 18.6. The second-order valence-corrected chi connectivity index (χ2v) is 10.9. The van der Waals surface area contributed by atoms with Gasteiger partial charge in [-0.05, 0) is 58.7 Å². The number of rotatable bonds is 11. The van der Waals surface area contributed by atoms with Crippen LogP contribution in [0.4, 0.5) is 4.39 Å². The van der Waals surface area contributed by atoms with Crippen LogP contribution in [0.5, 0.6) is 0 Å². The van der Waals surface area contributed by atoms with Crippen LogP contribution in [0.2, 0.25) is 0 Å². The highest BCUT2D eigenvalue weighted by molar-refractivity contribution is 7.09. The molecular weight excluding hydrogens is 475 g/mol. The molecule has 0 spiro atoms. The summed E-state index contributed by atoms with van der Waals surface area (Å²) in [5, 5.41) is 1.97. The number of ether oxygens (including phenoxy) is 1. The quantitative estimate of drug-likeness (QED) is 0.302. The zero-order valence-corrected chi connectivity index (χ0v) is 22.3. The van der Waals surface area contributed by atoms with Gasteiger partial charge in [0.15, 0.2) is 0 Å². The molecule has 0 fully saturated rings. The number of hydrogen-bond donors (Lipinski definition) is 0. The van der Waals surface area contributed by atoms with E-state index >= 15 is 0 Å². The first-order valence-electron chi connectivity index (χ1n) is 12.1. The van der Waals surface area contributed by atoms with E-state index < -0.39 is 0 Å². The van der Waals surface area contributed by atoms with Crippen LogP contribution in [0.25, 0.3) is 0 Å². The molecule has 0 aliphatic heterocycles. The van der Waals surface area contributed by atoms with Crippen LogP contribution in [0.15, 0.2) is 66.0 Å². The molecule has 3 rings (SSSR count). The minimum atomic E-state index is -0.317. The van der Waals surface area contributed by atoms with Crippen molar-refractivity contribution in [3.8, 4) is 0 Å². The third kappa shape index (κ3) is 8.00. The van der Waals surface area contributed by atoms with Crippen molar-refractivity contribution in [2.45, 2.75) is 45.7 Å². The number of nitrogens with zero attached hydrogens (tertiary/aromatic N) is 2. The van der Waals surface area contributed by atoms with Crippen LogP contribution >= 0.6 is 11.3 Å². The molecule has 1 heterocycles. The molecule has 3 aromatic rings. The zero-order valence-electron chi connectivity index (χ0n) is 21.5. The first-order chi connectivity index (χ1) is 17.2. The van der Waals surface area contributed by atoms with Crippen molar-refractivity contribution in [1.82, 2.24) is 9.80 Å². The van der Waals surface area contributed by atoms with Crippen LogP contribution < -0.4 is 0 Å². The third-order valence-corrected chi connectivity index (χ3v) is 6.82. The van der Waals surface area contributed by atoms with Gasteiger partial charge >= 0.3 is 0 Å². The molecule has 0 saturated heterocycles. The Morgan fingerprint density at radius 3 is 2.22 bits per heavy atom. The van der Waals surface area contributed by atoms with Gasteiger partial charge in [-0.25, -0.2) is 4.39 Å². The molecule has 36 heavy (non-hydrogen) atoms. The van der Waals surface area contributed by atoms with E-state index in [0.717, 1.165) is 16.0 Å². The van der Waals surface area contributed by atoms with Crippen molar-refractivity contribution in [1.29, 1.82) is 0 Å². The molecule has 7 heteroatoms. The van der Waals surface area contributed by atoms with Crippen LogP contribution in [-0.2, 0) is 28.0 Å². The number of thiophene rings is 1. The topological polar surface area (TPSA) is 49.9 Å². The van der Waals surface area contributed by atoms with Gasteiger partial charge in [0.2, 0.25) is 5.91 Å². The smallest absolute Gasteiger partial charge is 0.254 e. The second kappa shape index (κ2) is 12.8. The van der Waals surface area contributed by atoms with E-state index in [0.29, 0.717) is 38.2 Å². The molecule has 0 unspecified atom stereocenters.